The van der Waals surface area contributed by atoms with Gasteiger partial charge in [0.15, 0.2) is 11.4 Å². The van der Waals surface area contributed by atoms with Crippen LogP contribution in [0.4, 0.5) is 11.4 Å². The minimum Gasteiger partial charge on any atom is -0.463 e. The first-order valence-corrected chi connectivity index (χ1v) is 10.6. The van der Waals surface area contributed by atoms with Gasteiger partial charge in [-0.1, -0.05) is 0 Å². The van der Waals surface area contributed by atoms with E-state index in [4.69, 9.17) is 4.42 Å². The van der Waals surface area contributed by atoms with Crippen LogP contribution < -0.4 is 10.2 Å². The molecule has 7 nitrogen and oxygen atoms in total. The van der Waals surface area contributed by atoms with Gasteiger partial charge in [-0.05, 0) is 68.7 Å². The number of aromatic nitrogens is 3. The number of rotatable bonds is 4. The molecule has 1 aliphatic rings. The van der Waals surface area contributed by atoms with Gasteiger partial charge in [0.1, 0.15) is 5.69 Å². The Morgan fingerprint density at radius 2 is 1.87 bits per heavy atom. The average molecular weight is 415 g/mol. The highest BCUT2D eigenvalue weighted by molar-refractivity contribution is 6.13. The summed E-state index contributed by atoms with van der Waals surface area (Å²) in [4.78, 5) is 20.4. The van der Waals surface area contributed by atoms with Gasteiger partial charge >= 0.3 is 0 Å². The van der Waals surface area contributed by atoms with Gasteiger partial charge in [-0.25, -0.2) is 4.98 Å². The molecule has 1 aromatic carbocycles. The second-order valence-corrected chi connectivity index (χ2v) is 7.99. The quantitative estimate of drug-likeness (QED) is 0.519. The van der Waals surface area contributed by atoms with Crippen LogP contribution in [0.5, 0.6) is 0 Å². The van der Waals surface area contributed by atoms with Crippen LogP contribution in [-0.2, 0) is 7.05 Å². The molecule has 5 rings (SSSR count). The molecule has 0 saturated carbocycles. The van der Waals surface area contributed by atoms with Crippen LogP contribution in [0.25, 0.3) is 22.5 Å². The van der Waals surface area contributed by atoms with Gasteiger partial charge in [0.25, 0.3) is 5.91 Å². The maximum Gasteiger partial charge on any atom is 0.256 e. The molecule has 1 N–H and O–H groups in total. The van der Waals surface area contributed by atoms with E-state index in [-0.39, 0.29) is 5.91 Å². The predicted octanol–water partition coefficient (Wildman–Crippen LogP) is 4.78. The zero-order valence-electron chi connectivity index (χ0n) is 17.8. The third-order valence-corrected chi connectivity index (χ3v) is 5.83. The zero-order valence-corrected chi connectivity index (χ0v) is 17.8. The van der Waals surface area contributed by atoms with Crippen LogP contribution in [0.15, 0.2) is 53.1 Å². The van der Waals surface area contributed by atoms with Crippen LogP contribution >= 0.6 is 0 Å². The van der Waals surface area contributed by atoms with Gasteiger partial charge in [-0.2, -0.15) is 5.10 Å². The molecule has 0 radical (unpaired) electrons. The summed E-state index contributed by atoms with van der Waals surface area (Å²) in [6.45, 7) is 4.08. The molecule has 0 aliphatic carbocycles. The lowest BCUT2D eigenvalue weighted by Crippen LogP contribution is -2.29. The van der Waals surface area contributed by atoms with Gasteiger partial charge < -0.3 is 14.6 Å². The van der Waals surface area contributed by atoms with Crippen molar-refractivity contribution in [2.75, 3.05) is 23.3 Å². The molecule has 1 saturated heterocycles. The number of nitrogens with one attached hydrogen (secondary N) is 1. The first kappa shape index (κ1) is 19.4. The number of hydrogen-bond donors (Lipinski definition) is 1. The van der Waals surface area contributed by atoms with Crippen molar-refractivity contribution in [3.8, 4) is 11.5 Å². The molecular weight excluding hydrogens is 390 g/mol. The van der Waals surface area contributed by atoms with Crippen molar-refractivity contribution in [1.29, 1.82) is 0 Å². The van der Waals surface area contributed by atoms with Crippen molar-refractivity contribution < 1.29 is 9.21 Å². The number of aryl methyl sites for hydroxylation is 2. The number of pyridine rings is 1. The zero-order chi connectivity index (χ0) is 21.4. The van der Waals surface area contributed by atoms with E-state index in [9.17, 15) is 4.79 Å². The number of furan rings is 1. The molecule has 31 heavy (non-hydrogen) atoms. The van der Waals surface area contributed by atoms with Gasteiger partial charge in [0, 0.05) is 31.5 Å². The number of fused-ring (bicyclic) bond motifs is 1. The van der Waals surface area contributed by atoms with Crippen LogP contribution in [0.1, 0.15) is 35.3 Å². The first-order valence-electron chi connectivity index (χ1n) is 10.6. The van der Waals surface area contributed by atoms with Gasteiger partial charge in [0.2, 0.25) is 0 Å². The second kappa shape index (κ2) is 7.91. The number of nitrogens with zero attached hydrogens (tertiary/aromatic N) is 4. The van der Waals surface area contributed by atoms with Crippen molar-refractivity contribution >= 4 is 28.3 Å². The van der Waals surface area contributed by atoms with Gasteiger partial charge in [-0.3, -0.25) is 9.48 Å². The summed E-state index contributed by atoms with van der Waals surface area (Å²) in [5, 5.41) is 8.25. The number of anilines is 2. The van der Waals surface area contributed by atoms with Gasteiger partial charge in [0.05, 0.1) is 22.9 Å². The average Bonchev–Trinajstić information content (AvgIpc) is 3.43. The lowest BCUT2D eigenvalue weighted by atomic mass is 10.1. The molecule has 0 atom stereocenters. The smallest absolute Gasteiger partial charge is 0.256 e. The largest absolute Gasteiger partial charge is 0.463 e. The Labute approximate surface area is 180 Å². The van der Waals surface area contributed by atoms with Crippen LogP contribution in [-0.4, -0.2) is 33.8 Å². The maximum absolute atomic E-state index is 13.3. The van der Waals surface area contributed by atoms with E-state index in [1.54, 1.807) is 23.1 Å². The minimum absolute atomic E-state index is 0.193. The number of carbonyl (C=O) groups is 1. The summed E-state index contributed by atoms with van der Waals surface area (Å²) in [6, 6.07) is 13.5. The minimum atomic E-state index is -0.193. The van der Waals surface area contributed by atoms with E-state index in [0.29, 0.717) is 22.7 Å². The molecule has 0 spiro atoms. The molecule has 1 fully saturated rings. The highest BCUT2D eigenvalue weighted by atomic mass is 16.3. The Morgan fingerprint density at radius 3 is 2.58 bits per heavy atom. The van der Waals surface area contributed by atoms with E-state index >= 15 is 0 Å². The molecule has 7 heteroatoms. The van der Waals surface area contributed by atoms with E-state index < -0.39 is 0 Å². The number of carbonyl (C=O) groups excluding carboxylic acids is 1. The van der Waals surface area contributed by atoms with Crippen LogP contribution in [0, 0.1) is 6.92 Å². The summed E-state index contributed by atoms with van der Waals surface area (Å²) in [6.07, 6.45) is 5.37. The first-order chi connectivity index (χ1) is 15.1. The lowest BCUT2D eigenvalue weighted by Gasteiger charge is -2.28. The van der Waals surface area contributed by atoms with Crippen LogP contribution in [0.3, 0.4) is 0 Å². The second-order valence-electron chi connectivity index (χ2n) is 7.99. The molecule has 1 amide bonds. The number of piperidine rings is 1. The summed E-state index contributed by atoms with van der Waals surface area (Å²) in [5.41, 5.74) is 4.51. The number of amides is 1. The van der Waals surface area contributed by atoms with Crippen LogP contribution in [0.2, 0.25) is 0 Å². The lowest BCUT2D eigenvalue weighted by molar-refractivity contribution is 0.102. The maximum atomic E-state index is 13.3. The fraction of sp³-hybridized carbons (Fsp3) is 0.292. The molecule has 1 aliphatic heterocycles. The normalized spacial score (nSPS) is 14.2. The summed E-state index contributed by atoms with van der Waals surface area (Å²) >= 11 is 0. The van der Waals surface area contributed by atoms with Crippen molar-refractivity contribution in [2.45, 2.75) is 26.2 Å². The van der Waals surface area contributed by atoms with Crippen molar-refractivity contribution in [1.82, 2.24) is 14.8 Å². The molecule has 4 heterocycles. The highest BCUT2D eigenvalue weighted by Gasteiger charge is 2.20. The number of hydrogen-bond acceptors (Lipinski definition) is 5. The third kappa shape index (κ3) is 3.67. The summed E-state index contributed by atoms with van der Waals surface area (Å²) < 4.78 is 7.21. The van der Waals surface area contributed by atoms with Crippen molar-refractivity contribution in [3.63, 3.8) is 0 Å². The fourth-order valence-electron chi connectivity index (χ4n) is 4.28. The molecule has 0 bridgehead atoms. The van der Waals surface area contributed by atoms with E-state index in [0.717, 1.165) is 29.9 Å². The van der Waals surface area contributed by atoms with E-state index in [2.05, 4.69) is 32.4 Å². The SMILES string of the molecule is Cc1nn(C)c2nc(-c3ccco3)cc(C(=O)Nc3ccc(N4CCCCC4)cc3)c12. The highest BCUT2D eigenvalue weighted by Crippen LogP contribution is 2.28. The predicted molar refractivity (Wildman–Crippen MR) is 121 cm³/mol. The van der Waals surface area contributed by atoms with Crippen molar-refractivity contribution in [3.05, 3.63) is 60.0 Å². The molecule has 3 aromatic heterocycles. The van der Waals surface area contributed by atoms with Gasteiger partial charge in [-0.15, -0.1) is 0 Å². The Bertz CT molecular complexity index is 1220. The van der Waals surface area contributed by atoms with E-state index in [1.807, 2.05) is 32.2 Å². The summed E-state index contributed by atoms with van der Waals surface area (Å²) in [5.74, 6) is 0.419. The molecule has 4 aromatic rings. The van der Waals surface area contributed by atoms with Crippen molar-refractivity contribution in [2.24, 2.45) is 7.05 Å². The Morgan fingerprint density at radius 1 is 1.10 bits per heavy atom. The monoisotopic (exact) mass is 415 g/mol. The van der Waals surface area contributed by atoms with E-state index in [1.165, 1.54) is 24.9 Å². The summed E-state index contributed by atoms with van der Waals surface area (Å²) in [7, 11) is 1.83. The topological polar surface area (TPSA) is 76.2 Å². The number of benzene rings is 1. The third-order valence-electron chi connectivity index (χ3n) is 5.83. The molecule has 0 unspecified atom stereocenters. The molecular formula is C24H25N5O2. The standard InChI is InChI=1S/C24H25N5O2/c1-16-22-19(15-20(21-7-6-14-31-21)26-23(22)28(2)27-16)24(30)25-17-8-10-18(11-9-17)29-12-4-3-5-13-29/h6-11,14-15H,3-5,12-13H2,1-2H3,(H,25,30). The molecule has 158 valence electrons. The Hall–Kier alpha value is -3.61. The Kier molecular flexibility index (Phi) is 4.94. The Balaban J connectivity index is 1.46. The fourth-order valence-corrected chi connectivity index (χ4v) is 4.28.